The molecule has 0 aromatic heterocycles. The Kier molecular flexibility index (Phi) is 4.02. The minimum atomic E-state index is -0.936. The van der Waals surface area contributed by atoms with Crippen molar-refractivity contribution in [3.8, 4) is 0 Å². The van der Waals surface area contributed by atoms with Gasteiger partial charge in [0.05, 0.1) is 11.8 Å². The average Bonchev–Trinajstić information content (AvgIpc) is 3.19. The molecule has 2 atom stereocenters. The average molecular weight is 276 g/mol. The van der Waals surface area contributed by atoms with E-state index < -0.39 is 17.8 Å². The maximum Gasteiger partial charge on any atom is 0.307 e. The second-order valence-corrected chi connectivity index (χ2v) is 4.76. The Balaban J connectivity index is 1.96. The first-order valence-electron chi connectivity index (χ1n) is 6.45. The molecule has 6 heteroatoms. The number of aliphatic carboxylic acids is 1. The van der Waals surface area contributed by atoms with E-state index in [0.29, 0.717) is 24.2 Å². The molecule has 1 fully saturated rings. The van der Waals surface area contributed by atoms with Crippen LogP contribution >= 0.6 is 0 Å². The summed E-state index contributed by atoms with van der Waals surface area (Å²) in [5, 5.41) is 14.1. The second kappa shape index (κ2) is 5.73. The monoisotopic (exact) mass is 276 g/mol. The summed E-state index contributed by atoms with van der Waals surface area (Å²) in [6.45, 7) is 1.75. The second-order valence-electron chi connectivity index (χ2n) is 4.76. The quantitative estimate of drug-likeness (QED) is 0.762. The van der Waals surface area contributed by atoms with Crippen LogP contribution in [-0.4, -0.2) is 22.9 Å². The molecule has 1 aliphatic rings. The number of hydrogen-bond donors (Lipinski definition) is 3. The van der Waals surface area contributed by atoms with Crippen LogP contribution in [0, 0.1) is 11.8 Å². The molecule has 1 aromatic carbocycles. The van der Waals surface area contributed by atoms with Crippen molar-refractivity contribution in [3.63, 3.8) is 0 Å². The zero-order valence-corrected chi connectivity index (χ0v) is 11.1. The maximum atomic E-state index is 11.8. The molecular formula is C14H16N2O4. The van der Waals surface area contributed by atoms with Crippen LogP contribution in [0.5, 0.6) is 0 Å². The van der Waals surface area contributed by atoms with Crippen LogP contribution in [0.25, 0.3) is 0 Å². The molecule has 0 spiro atoms. The van der Waals surface area contributed by atoms with E-state index >= 15 is 0 Å². The van der Waals surface area contributed by atoms with Gasteiger partial charge in [-0.3, -0.25) is 14.4 Å². The Bertz CT molecular complexity index is 556. The van der Waals surface area contributed by atoms with Crippen LogP contribution in [0.3, 0.4) is 0 Å². The molecule has 2 rings (SSSR count). The molecule has 0 aliphatic heterocycles. The summed E-state index contributed by atoms with van der Waals surface area (Å²) < 4.78 is 0. The van der Waals surface area contributed by atoms with Gasteiger partial charge in [0, 0.05) is 17.8 Å². The Morgan fingerprint density at radius 2 is 1.85 bits per heavy atom. The van der Waals surface area contributed by atoms with E-state index in [9.17, 15) is 14.4 Å². The highest BCUT2D eigenvalue weighted by atomic mass is 16.4. The van der Waals surface area contributed by atoms with Gasteiger partial charge in [-0.1, -0.05) is 13.0 Å². The summed E-state index contributed by atoms with van der Waals surface area (Å²) in [5.74, 6) is -2.37. The largest absolute Gasteiger partial charge is 0.481 e. The predicted octanol–water partition coefficient (Wildman–Crippen LogP) is 1.69. The lowest BCUT2D eigenvalue weighted by atomic mass is 10.2. The SMILES string of the molecule is CCC(=O)Nc1cccc(NC(=O)C2CC2C(=O)O)c1. The molecule has 1 saturated carbocycles. The topological polar surface area (TPSA) is 95.5 Å². The van der Waals surface area contributed by atoms with Crippen LogP contribution in [0.15, 0.2) is 24.3 Å². The van der Waals surface area contributed by atoms with Gasteiger partial charge in [-0.2, -0.15) is 0 Å². The Morgan fingerprint density at radius 1 is 1.20 bits per heavy atom. The molecule has 1 aromatic rings. The van der Waals surface area contributed by atoms with Crippen molar-refractivity contribution >= 4 is 29.2 Å². The standard InChI is InChI=1S/C14H16N2O4/c1-2-12(17)15-8-4-3-5-9(6-8)16-13(18)10-7-11(10)14(19)20/h3-6,10-11H,2,7H2,1H3,(H,15,17)(H,16,18)(H,19,20). The highest BCUT2D eigenvalue weighted by Crippen LogP contribution is 2.39. The zero-order chi connectivity index (χ0) is 14.7. The molecule has 0 heterocycles. The third-order valence-corrected chi connectivity index (χ3v) is 3.18. The number of rotatable bonds is 5. The summed E-state index contributed by atoms with van der Waals surface area (Å²) in [5.41, 5.74) is 1.14. The summed E-state index contributed by atoms with van der Waals surface area (Å²) in [6, 6.07) is 6.77. The summed E-state index contributed by atoms with van der Waals surface area (Å²) in [4.78, 5) is 33.8. The fourth-order valence-corrected chi connectivity index (χ4v) is 1.92. The van der Waals surface area contributed by atoms with Gasteiger partial charge in [-0.05, 0) is 24.6 Å². The van der Waals surface area contributed by atoms with E-state index in [1.165, 1.54) is 0 Å². The Morgan fingerprint density at radius 3 is 2.40 bits per heavy atom. The van der Waals surface area contributed by atoms with Crippen LogP contribution in [0.2, 0.25) is 0 Å². The molecule has 6 nitrogen and oxygen atoms in total. The molecule has 0 bridgehead atoms. The molecule has 2 amide bonds. The van der Waals surface area contributed by atoms with Crippen LogP contribution in [-0.2, 0) is 14.4 Å². The molecule has 106 valence electrons. The van der Waals surface area contributed by atoms with Crippen molar-refractivity contribution in [2.45, 2.75) is 19.8 Å². The lowest BCUT2D eigenvalue weighted by Gasteiger charge is -2.08. The predicted molar refractivity (Wildman–Crippen MR) is 73.2 cm³/mol. The first kappa shape index (κ1) is 14.0. The summed E-state index contributed by atoms with van der Waals surface area (Å²) >= 11 is 0. The number of nitrogens with one attached hydrogen (secondary N) is 2. The minimum Gasteiger partial charge on any atom is -0.481 e. The highest BCUT2D eigenvalue weighted by molar-refractivity contribution is 5.99. The van der Waals surface area contributed by atoms with E-state index in [2.05, 4.69) is 10.6 Å². The van der Waals surface area contributed by atoms with Crippen molar-refractivity contribution in [2.75, 3.05) is 10.6 Å². The first-order valence-corrected chi connectivity index (χ1v) is 6.45. The van der Waals surface area contributed by atoms with Gasteiger partial charge in [-0.15, -0.1) is 0 Å². The van der Waals surface area contributed by atoms with Gasteiger partial charge in [0.1, 0.15) is 0 Å². The van der Waals surface area contributed by atoms with Gasteiger partial charge < -0.3 is 15.7 Å². The number of carboxylic acids is 1. The van der Waals surface area contributed by atoms with Crippen LogP contribution in [0.4, 0.5) is 11.4 Å². The number of amides is 2. The third-order valence-electron chi connectivity index (χ3n) is 3.18. The van der Waals surface area contributed by atoms with Crippen LogP contribution < -0.4 is 10.6 Å². The third kappa shape index (κ3) is 3.34. The lowest BCUT2D eigenvalue weighted by molar-refractivity contribution is -0.139. The molecular weight excluding hydrogens is 260 g/mol. The van der Waals surface area contributed by atoms with Crippen molar-refractivity contribution in [1.82, 2.24) is 0 Å². The maximum absolute atomic E-state index is 11.8. The number of anilines is 2. The number of carboxylic acid groups (broad SMARTS) is 1. The highest BCUT2D eigenvalue weighted by Gasteiger charge is 2.48. The fraction of sp³-hybridized carbons (Fsp3) is 0.357. The Labute approximate surface area is 116 Å². The molecule has 1 aliphatic carbocycles. The number of hydrogen-bond acceptors (Lipinski definition) is 3. The number of carbonyl (C=O) groups excluding carboxylic acids is 2. The molecule has 0 saturated heterocycles. The van der Waals surface area contributed by atoms with E-state index in [1.54, 1.807) is 31.2 Å². The van der Waals surface area contributed by atoms with Crippen LogP contribution in [0.1, 0.15) is 19.8 Å². The van der Waals surface area contributed by atoms with Gasteiger partial charge in [0.25, 0.3) is 0 Å². The van der Waals surface area contributed by atoms with Crippen molar-refractivity contribution in [1.29, 1.82) is 0 Å². The summed E-state index contributed by atoms with van der Waals surface area (Å²) in [6.07, 6.45) is 0.756. The van der Waals surface area contributed by atoms with Gasteiger partial charge in [0.2, 0.25) is 11.8 Å². The van der Waals surface area contributed by atoms with E-state index in [0.717, 1.165) is 0 Å². The minimum absolute atomic E-state index is 0.110. The van der Waals surface area contributed by atoms with Gasteiger partial charge in [-0.25, -0.2) is 0 Å². The zero-order valence-electron chi connectivity index (χ0n) is 11.1. The molecule has 3 N–H and O–H groups in total. The first-order chi connectivity index (χ1) is 9.51. The van der Waals surface area contributed by atoms with E-state index in [4.69, 9.17) is 5.11 Å². The van der Waals surface area contributed by atoms with Crippen molar-refractivity contribution < 1.29 is 19.5 Å². The fourth-order valence-electron chi connectivity index (χ4n) is 1.92. The normalized spacial score (nSPS) is 20.1. The van der Waals surface area contributed by atoms with Crippen molar-refractivity contribution in [2.24, 2.45) is 11.8 Å². The number of benzene rings is 1. The van der Waals surface area contributed by atoms with Gasteiger partial charge >= 0.3 is 5.97 Å². The Hall–Kier alpha value is -2.37. The van der Waals surface area contributed by atoms with Crippen molar-refractivity contribution in [3.05, 3.63) is 24.3 Å². The van der Waals surface area contributed by atoms with E-state index in [1.807, 2.05) is 0 Å². The molecule has 2 unspecified atom stereocenters. The molecule has 20 heavy (non-hydrogen) atoms. The van der Waals surface area contributed by atoms with E-state index in [-0.39, 0.29) is 11.8 Å². The molecule has 0 radical (unpaired) electrons. The number of carbonyl (C=O) groups is 3. The summed E-state index contributed by atoms with van der Waals surface area (Å²) in [7, 11) is 0. The lowest BCUT2D eigenvalue weighted by Crippen LogP contribution is -2.17. The van der Waals surface area contributed by atoms with Gasteiger partial charge in [0.15, 0.2) is 0 Å². The smallest absolute Gasteiger partial charge is 0.307 e.